The number of aromatic nitrogens is 6. The van der Waals surface area contributed by atoms with Crippen molar-refractivity contribution in [3.63, 3.8) is 0 Å². The molecule has 204 valence electrons. The number of nitrogens with zero attached hydrogens (tertiary/aromatic N) is 7. The molecule has 0 aliphatic carbocycles. The molecule has 0 unspecified atom stereocenters. The van der Waals surface area contributed by atoms with Gasteiger partial charge in [-0.25, -0.2) is 9.97 Å². The normalized spacial score (nSPS) is 13.7. The third kappa shape index (κ3) is 4.81. The van der Waals surface area contributed by atoms with Crippen LogP contribution in [-0.2, 0) is 18.3 Å². The lowest BCUT2D eigenvalue weighted by atomic mass is 10.1. The standard InChI is InChI=1S/C29H31N9O2/c1-4-25(39)37-14-16-38(17-15-37)28-20-6-5-7-23(40-27-19(2)8-9-22-21(27)18-32-35-22)26(20)33-29(34-28)31-11-10-24-30-12-13-36(24)3/h4-9,12-13,18H,1,10-11,14-17H2,2-3H3,(H,32,35)(H,31,33,34). The number of para-hydroxylation sites is 1. The average Bonchev–Trinajstić information content (AvgIpc) is 3.63. The first-order valence-corrected chi connectivity index (χ1v) is 13.3. The van der Waals surface area contributed by atoms with E-state index in [1.54, 1.807) is 12.4 Å². The summed E-state index contributed by atoms with van der Waals surface area (Å²) in [5, 5.41) is 12.4. The number of nitrogens with one attached hydrogen (secondary N) is 2. The van der Waals surface area contributed by atoms with Crippen LogP contribution in [0.3, 0.4) is 0 Å². The molecule has 6 rings (SSSR count). The molecule has 2 aromatic carbocycles. The number of aryl methyl sites for hydroxylation is 2. The van der Waals surface area contributed by atoms with Crippen LogP contribution in [0.15, 0.2) is 61.6 Å². The van der Waals surface area contributed by atoms with Crippen LogP contribution in [0.25, 0.3) is 21.8 Å². The Morgan fingerprint density at radius 3 is 2.77 bits per heavy atom. The van der Waals surface area contributed by atoms with E-state index >= 15 is 0 Å². The molecule has 4 heterocycles. The molecule has 1 aliphatic heterocycles. The summed E-state index contributed by atoms with van der Waals surface area (Å²) in [4.78, 5) is 30.4. The van der Waals surface area contributed by atoms with Gasteiger partial charge < -0.3 is 24.4 Å². The van der Waals surface area contributed by atoms with Crippen molar-refractivity contribution in [3.8, 4) is 11.5 Å². The van der Waals surface area contributed by atoms with Crippen LogP contribution >= 0.6 is 0 Å². The van der Waals surface area contributed by atoms with E-state index in [9.17, 15) is 4.79 Å². The number of imidazole rings is 1. The van der Waals surface area contributed by atoms with Crippen molar-refractivity contribution >= 4 is 39.5 Å². The zero-order valence-corrected chi connectivity index (χ0v) is 22.6. The number of carbonyl (C=O) groups is 1. The van der Waals surface area contributed by atoms with Gasteiger partial charge in [-0.15, -0.1) is 0 Å². The predicted octanol–water partition coefficient (Wildman–Crippen LogP) is 3.83. The summed E-state index contributed by atoms with van der Waals surface area (Å²) in [5.41, 5.74) is 2.60. The Bertz CT molecular complexity index is 1700. The van der Waals surface area contributed by atoms with Crippen LogP contribution in [0.1, 0.15) is 11.4 Å². The molecule has 1 amide bonds. The highest BCUT2D eigenvalue weighted by molar-refractivity contribution is 5.95. The fourth-order valence-corrected chi connectivity index (χ4v) is 5.05. The van der Waals surface area contributed by atoms with Gasteiger partial charge in [0.05, 0.1) is 17.1 Å². The number of amides is 1. The van der Waals surface area contributed by atoms with Crippen LogP contribution in [0.4, 0.5) is 11.8 Å². The molecule has 1 saturated heterocycles. The van der Waals surface area contributed by atoms with Crippen molar-refractivity contribution in [2.75, 3.05) is 42.9 Å². The van der Waals surface area contributed by atoms with E-state index in [1.165, 1.54) is 6.08 Å². The number of carbonyl (C=O) groups excluding carboxylic acids is 1. The van der Waals surface area contributed by atoms with Crippen molar-refractivity contribution in [2.45, 2.75) is 13.3 Å². The molecule has 0 atom stereocenters. The maximum absolute atomic E-state index is 12.2. The van der Waals surface area contributed by atoms with Crippen LogP contribution in [0.5, 0.6) is 11.5 Å². The van der Waals surface area contributed by atoms with Crippen molar-refractivity contribution in [3.05, 3.63) is 73.0 Å². The first kappa shape index (κ1) is 25.4. The molecule has 0 spiro atoms. The lowest BCUT2D eigenvalue weighted by Gasteiger charge is -2.35. The average molecular weight is 538 g/mol. The summed E-state index contributed by atoms with van der Waals surface area (Å²) in [7, 11) is 1.98. The molecule has 1 aliphatic rings. The van der Waals surface area contributed by atoms with E-state index < -0.39 is 0 Å². The van der Waals surface area contributed by atoms with Gasteiger partial charge in [-0.2, -0.15) is 10.1 Å². The van der Waals surface area contributed by atoms with Gasteiger partial charge in [0.2, 0.25) is 11.9 Å². The highest BCUT2D eigenvalue weighted by Crippen LogP contribution is 2.37. The summed E-state index contributed by atoms with van der Waals surface area (Å²) in [6.07, 6.45) is 7.59. The highest BCUT2D eigenvalue weighted by atomic mass is 16.5. The zero-order valence-electron chi connectivity index (χ0n) is 22.6. The Kier molecular flexibility index (Phi) is 6.77. The van der Waals surface area contributed by atoms with E-state index in [2.05, 4.69) is 32.0 Å². The van der Waals surface area contributed by atoms with Crippen LogP contribution < -0.4 is 15.0 Å². The minimum Gasteiger partial charge on any atom is -0.454 e. The van der Waals surface area contributed by atoms with Gasteiger partial charge in [-0.05, 0) is 36.8 Å². The third-order valence-corrected chi connectivity index (χ3v) is 7.27. The second-order valence-corrected chi connectivity index (χ2v) is 9.82. The fraction of sp³-hybridized carbons (Fsp3) is 0.276. The van der Waals surface area contributed by atoms with Crippen LogP contribution in [0, 0.1) is 6.92 Å². The highest BCUT2D eigenvalue weighted by Gasteiger charge is 2.24. The number of hydrogen-bond acceptors (Lipinski definition) is 8. The second-order valence-electron chi connectivity index (χ2n) is 9.82. The minimum atomic E-state index is -0.0525. The van der Waals surface area contributed by atoms with Gasteiger partial charge in [0, 0.05) is 64.0 Å². The number of benzene rings is 2. The molecule has 0 bridgehead atoms. The summed E-state index contributed by atoms with van der Waals surface area (Å²) >= 11 is 0. The van der Waals surface area contributed by atoms with Crippen LogP contribution in [-0.4, -0.2) is 73.2 Å². The number of H-pyrrole nitrogens is 1. The quantitative estimate of drug-likeness (QED) is 0.287. The number of fused-ring (bicyclic) bond motifs is 2. The second kappa shape index (κ2) is 10.7. The SMILES string of the molecule is C=CC(=O)N1CCN(c2nc(NCCc3nccn3C)nc3c(Oc4c(C)ccc5[nH]ncc45)cccc23)CC1. The van der Waals surface area contributed by atoms with Crippen LogP contribution in [0.2, 0.25) is 0 Å². The molecule has 40 heavy (non-hydrogen) atoms. The Balaban J connectivity index is 1.37. The van der Waals surface area contributed by atoms with E-state index in [0.717, 1.165) is 45.7 Å². The summed E-state index contributed by atoms with van der Waals surface area (Å²) in [6.45, 7) is 8.75. The summed E-state index contributed by atoms with van der Waals surface area (Å²) in [5.74, 6) is 3.60. The molecule has 1 fully saturated rings. The van der Waals surface area contributed by atoms with Gasteiger partial charge in [-0.3, -0.25) is 9.89 Å². The van der Waals surface area contributed by atoms with E-state index in [-0.39, 0.29) is 5.91 Å². The maximum Gasteiger partial charge on any atom is 0.246 e. The van der Waals surface area contributed by atoms with E-state index in [0.29, 0.717) is 49.9 Å². The topological polar surface area (TPSA) is 117 Å². The molecule has 2 N–H and O–H groups in total. The molecule has 11 heteroatoms. The summed E-state index contributed by atoms with van der Waals surface area (Å²) in [6, 6.07) is 9.91. The lowest BCUT2D eigenvalue weighted by molar-refractivity contribution is -0.126. The van der Waals surface area contributed by atoms with Gasteiger partial charge in [-0.1, -0.05) is 18.7 Å². The largest absolute Gasteiger partial charge is 0.454 e. The van der Waals surface area contributed by atoms with Crippen molar-refractivity contribution in [1.82, 2.24) is 34.6 Å². The van der Waals surface area contributed by atoms with Gasteiger partial charge in [0.1, 0.15) is 22.9 Å². The third-order valence-electron chi connectivity index (χ3n) is 7.27. The van der Waals surface area contributed by atoms with E-state index in [1.807, 2.05) is 60.0 Å². The first-order chi connectivity index (χ1) is 19.5. The number of aromatic amines is 1. The molecule has 5 aromatic rings. The Hall–Kier alpha value is -4.93. The molecular formula is C29H31N9O2. The number of ether oxygens (including phenoxy) is 1. The molecule has 0 saturated carbocycles. The predicted molar refractivity (Wildman–Crippen MR) is 155 cm³/mol. The van der Waals surface area contributed by atoms with Crippen molar-refractivity contribution < 1.29 is 9.53 Å². The first-order valence-electron chi connectivity index (χ1n) is 13.3. The fourth-order valence-electron chi connectivity index (χ4n) is 5.05. The zero-order chi connectivity index (χ0) is 27.6. The van der Waals surface area contributed by atoms with Crippen molar-refractivity contribution in [2.24, 2.45) is 7.05 Å². The molecule has 3 aromatic heterocycles. The lowest BCUT2D eigenvalue weighted by Crippen LogP contribution is -2.48. The Labute approximate surface area is 231 Å². The van der Waals surface area contributed by atoms with E-state index in [4.69, 9.17) is 14.7 Å². The number of rotatable bonds is 8. The number of anilines is 2. The molecular weight excluding hydrogens is 506 g/mol. The molecule has 11 nitrogen and oxygen atoms in total. The summed E-state index contributed by atoms with van der Waals surface area (Å²) < 4.78 is 8.56. The van der Waals surface area contributed by atoms with Gasteiger partial charge in [0.15, 0.2) is 5.75 Å². The van der Waals surface area contributed by atoms with Gasteiger partial charge >= 0.3 is 0 Å². The smallest absolute Gasteiger partial charge is 0.246 e. The van der Waals surface area contributed by atoms with Crippen molar-refractivity contribution in [1.29, 1.82) is 0 Å². The number of hydrogen-bond donors (Lipinski definition) is 2. The monoisotopic (exact) mass is 537 g/mol. The Morgan fingerprint density at radius 1 is 1.15 bits per heavy atom. The maximum atomic E-state index is 12.2. The molecule has 0 radical (unpaired) electrons. The number of piperazine rings is 1. The minimum absolute atomic E-state index is 0.0525. The Morgan fingerprint density at radius 2 is 2.00 bits per heavy atom. The van der Waals surface area contributed by atoms with Gasteiger partial charge in [0.25, 0.3) is 0 Å².